The Bertz CT molecular complexity index is 1180. The highest BCUT2D eigenvalue weighted by atomic mass is 19.4. The van der Waals surface area contributed by atoms with Gasteiger partial charge in [0.05, 0.1) is 15.4 Å². The third kappa shape index (κ3) is 5.19. The highest BCUT2D eigenvalue weighted by Gasteiger charge is 2.35. The van der Waals surface area contributed by atoms with Crippen molar-refractivity contribution >= 4 is 28.7 Å². The van der Waals surface area contributed by atoms with Crippen LogP contribution in [0.5, 0.6) is 0 Å². The van der Waals surface area contributed by atoms with Gasteiger partial charge in [-0.15, -0.1) is 0 Å². The number of nitrogens with zero attached hydrogens (tertiary/aromatic N) is 5. The molecule has 0 spiro atoms. The molecule has 2 aliphatic heterocycles. The molecule has 2 aliphatic rings. The molecular formula is C23H24F3N5O5. The number of benzene rings is 2. The van der Waals surface area contributed by atoms with Crippen LogP contribution in [-0.4, -0.2) is 59.9 Å². The lowest BCUT2D eigenvalue weighted by atomic mass is 10.1. The summed E-state index contributed by atoms with van der Waals surface area (Å²) in [5.41, 5.74) is -1.22. The fourth-order valence-corrected chi connectivity index (χ4v) is 4.65. The molecule has 2 aromatic carbocycles. The van der Waals surface area contributed by atoms with Crippen LogP contribution in [0.25, 0.3) is 0 Å². The van der Waals surface area contributed by atoms with E-state index in [2.05, 4.69) is 0 Å². The van der Waals surface area contributed by atoms with Crippen molar-refractivity contribution in [2.24, 2.45) is 0 Å². The SMILES string of the molecule is O=C(c1ccc(N2CCCCC2)c([N+](=O)[O-])c1)N1CCN(c2ccc(C(F)(F)F)cc2[N+](=O)[O-])CC1. The number of piperazine rings is 1. The van der Waals surface area contributed by atoms with Gasteiger partial charge in [-0.1, -0.05) is 0 Å². The van der Waals surface area contributed by atoms with Crippen LogP contribution in [0.15, 0.2) is 36.4 Å². The number of hydrogen-bond acceptors (Lipinski definition) is 7. The molecule has 2 aromatic rings. The average molecular weight is 507 g/mol. The minimum absolute atomic E-state index is 0.0432. The number of hydrogen-bond donors (Lipinski definition) is 0. The maximum atomic E-state index is 13.1. The van der Waals surface area contributed by atoms with Gasteiger partial charge in [-0.05, 0) is 43.5 Å². The summed E-state index contributed by atoms with van der Waals surface area (Å²) < 4.78 is 39.0. The van der Waals surface area contributed by atoms with E-state index in [9.17, 15) is 38.2 Å². The molecular weight excluding hydrogens is 483 g/mol. The molecule has 0 aliphatic carbocycles. The average Bonchev–Trinajstić information content (AvgIpc) is 2.87. The number of halogens is 3. The van der Waals surface area contributed by atoms with Crippen molar-refractivity contribution in [1.82, 2.24) is 4.90 Å². The second-order valence-corrected chi connectivity index (χ2v) is 8.75. The lowest BCUT2D eigenvalue weighted by Gasteiger charge is -2.36. The Balaban J connectivity index is 1.49. The van der Waals surface area contributed by atoms with Gasteiger partial charge in [0.2, 0.25) is 0 Å². The van der Waals surface area contributed by atoms with Crippen LogP contribution < -0.4 is 9.80 Å². The first-order chi connectivity index (χ1) is 17.1. The van der Waals surface area contributed by atoms with Gasteiger partial charge in [-0.2, -0.15) is 13.2 Å². The second-order valence-electron chi connectivity index (χ2n) is 8.75. The van der Waals surface area contributed by atoms with E-state index >= 15 is 0 Å². The van der Waals surface area contributed by atoms with Crippen LogP contribution in [0.2, 0.25) is 0 Å². The Hall–Kier alpha value is -3.90. The minimum Gasteiger partial charge on any atom is -0.366 e. The summed E-state index contributed by atoms with van der Waals surface area (Å²) in [4.78, 5) is 39.8. The molecule has 2 saturated heterocycles. The Morgan fingerprint density at radius 2 is 1.28 bits per heavy atom. The van der Waals surface area contributed by atoms with Crippen molar-refractivity contribution in [3.05, 3.63) is 67.8 Å². The predicted molar refractivity (Wildman–Crippen MR) is 125 cm³/mol. The Morgan fingerprint density at radius 1 is 0.750 bits per heavy atom. The molecule has 0 radical (unpaired) electrons. The van der Waals surface area contributed by atoms with Crippen LogP contribution in [0.4, 0.5) is 35.9 Å². The summed E-state index contributed by atoms with van der Waals surface area (Å²) in [6.45, 7) is 2.05. The number of anilines is 2. The molecule has 0 aromatic heterocycles. The molecule has 36 heavy (non-hydrogen) atoms. The number of amides is 1. The maximum Gasteiger partial charge on any atom is 0.416 e. The van der Waals surface area contributed by atoms with Crippen molar-refractivity contribution in [2.75, 3.05) is 49.1 Å². The Morgan fingerprint density at radius 3 is 1.83 bits per heavy atom. The van der Waals surface area contributed by atoms with E-state index in [0.717, 1.165) is 31.4 Å². The van der Waals surface area contributed by atoms with Crippen molar-refractivity contribution < 1.29 is 27.8 Å². The summed E-state index contributed by atoms with van der Waals surface area (Å²) in [6.07, 6.45) is -1.75. The summed E-state index contributed by atoms with van der Waals surface area (Å²) in [5.74, 6) is -0.412. The first-order valence-electron chi connectivity index (χ1n) is 11.5. The molecule has 1 amide bonds. The normalized spacial score (nSPS) is 16.7. The van der Waals surface area contributed by atoms with Crippen molar-refractivity contribution in [3.63, 3.8) is 0 Å². The first kappa shape index (κ1) is 25.2. The molecule has 2 fully saturated rings. The second kappa shape index (κ2) is 9.99. The van der Waals surface area contributed by atoms with E-state index in [-0.39, 0.29) is 43.1 Å². The van der Waals surface area contributed by atoms with E-state index in [1.54, 1.807) is 17.0 Å². The molecule has 2 heterocycles. The highest BCUT2D eigenvalue weighted by molar-refractivity contribution is 5.96. The molecule has 10 nitrogen and oxygen atoms in total. The number of alkyl halides is 3. The molecule has 0 atom stereocenters. The lowest BCUT2D eigenvalue weighted by Crippen LogP contribution is -2.49. The van der Waals surface area contributed by atoms with E-state index < -0.39 is 33.2 Å². The van der Waals surface area contributed by atoms with Gasteiger partial charge in [-0.3, -0.25) is 25.0 Å². The van der Waals surface area contributed by atoms with Crippen molar-refractivity contribution in [2.45, 2.75) is 25.4 Å². The molecule has 0 N–H and O–H groups in total. The quantitative estimate of drug-likeness (QED) is 0.433. The van der Waals surface area contributed by atoms with Gasteiger partial charge in [0.15, 0.2) is 0 Å². The Kier molecular flexibility index (Phi) is 7.00. The molecule has 0 saturated carbocycles. The Labute approximate surface area is 204 Å². The van der Waals surface area contributed by atoms with Crippen molar-refractivity contribution in [1.29, 1.82) is 0 Å². The molecule has 4 rings (SSSR count). The van der Waals surface area contributed by atoms with Crippen LogP contribution in [-0.2, 0) is 6.18 Å². The van der Waals surface area contributed by atoms with Gasteiger partial charge in [-0.25, -0.2) is 0 Å². The third-order valence-corrected chi connectivity index (χ3v) is 6.52. The number of nitro groups is 2. The monoisotopic (exact) mass is 507 g/mol. The van der Waals surface area contributed by atoms with Crippen LogP contribution in [0.3, 0.4) is 0 Å². The van der Waals surface area contributed by atoms with Crippen LogP contribution >= 0.6 is 0 Å². The van der Waals surface area contributed by atoms with E-state index in [1.807, 2.05) is 4.90 Å². The van der Waals surface area contributed by atoms with E-state index in [1.165, 1.54) is 11.0 Å². The number of rotatable bonds is 5. The first-order valence-corrected chi connectivity index (χ1v) is 11.5. The van der Waals surface area contributed by atoms with Crippen molar-refractivity contribution in [3.8, 4) is 0 Å². The summed E-state index contributed by atoms with van der Waals surface area (Å²) >= 11 is 0. The largest absolute Gasteiger partial charge is 0.416 e. The van der Waals surface area contributed by atoms with Gasteiger partial charge >= 0.3 is 6.18 Å². The highest BCUT2D eigenvalue weighted by Crippen LogP contribution is 2.37. The van der Waals surface area contributed by atoms with E-state index in [4.69, 9.17) is 0 Å². The van der Waals surface area contributed by atoms with Gasteiger partial charge in [0, 0.05) is 57.0 Å². The zero-order chi connectivity index (χ0) is 26.0. The number of carbonyl (C=O) groups excluding carboxylic acids is 1. The zero-order valence-corrected chi connectivity index (χ0v) is 19.2. The predicted octanol–water partition coefficient (Wildman–Crippen LogP) is 4.47. The molecule has 192 valence electrons. The third-order valence-electron chi connectivity index (χ3n) is 6.52. The maximum absolute atomic E-state index is 13.1. The molecule has 0 unspecified atom stereocenters. The van der Waals surface area contributed by atoms with Gasteiger partial charge in [0.1, 0.15) is 11.4 Å². The fourth-order valence-electron chi connectivity index (χ4n) is 4.65. The molecule has 13 heteroatoms. The topological polar surface area (TPSA) is 113 Å². The van der Waals surface area contributed by atoms with Gasteiger partial charge in [0.25, 0.3) is 17.3 Å². The fraction of sp³-hybridized carbons (Fsp3) is 0.435. The van der Waals surface area contributed by atoms with Gasteiger partial charge < -0.3 is 14.7 Å². The lowest BCUT2D eigenvalue weighted by molar-refractivity contribution is -0.384. The minimum atomic E-state index is -4.71. The van der Waals surface area contributed by atoms with E-state index in [0.29, 0.717) is 24.8 Å². The summed E-state index contributed by atoms with van der Waals surface area (Å²) in [6, 6.07) is 6.81. The smallest absolute Gasteiger partial charge is 0.366 e. The summed E-state index contributed by atoms with van der Waals surface area (Å²) in [7, 11) is 0. The van der Waals surface area contributed by atoms with Crippen LogP contribution in [0.1, 0.15) is 35.2 Å². The molecule has 0 bridgehead atoms. The zero-order valence-electron chi connectivity index (χ0n) is 19.2. The van der Waals surface area contributed by atoms with Crippen LogP contribution in [0, 0.1) is 20.2 Å². The number of nitro benzene ring substituents is 2. The summed E-state index contributed by atoms with van der Waals surface area (Å²) in [5, 5.41) is 23.1. The number of piperidine rings is 1. The standard InChI is InChI=1S/C23H24F3N5O5/c24-23(25,26)17-5-7-19(21(15-17)31(35)36)28-10-12-29(13-11-28)22(32)16-4-6-18(20(14-16)30(33)34)27-8-2-1-3-9-27/h4-7,14-15H,1-3,8-13H2. The number of carbonyl (C=O) groups is 1.